The molecular weight excluding hydrogens is 366 g/mol. The standard InChI is InChI=1S/C23H29N3O3/c1-3-4-16-29-22-7-5-6-19(17-22)23(28)24-20-8-10-21(11-9-20)26-14-12-25(13-15-26)18(2)27/h5-11,17H,3-4,12-16H2,1-2H3,(H,24,28). The molecule has 1 aliphatic rings. The number of hydrogen-bond acceptors (Lipinski definition) is 4. The van der Waals surface area contributed by atoms with Crippen molar-refractivity contribution in [2.24, 2.45) is 0 Å². The number of nitrogens with one attached hydrogen (secondary N) is 1. The molecule has 1 N–H and O–H groups in total. The number of carbonyl (C=O) groups excluding carboxylic acids is 2. The van der Waals surface area contributed by atoms with Crippen LogP contribution in [-0.2, 0) is 4.79 Å². The van der Waals surface area contributed by atoms with Gasteiger partial charge in [-0.15, -0.1) is 0 Å². The molecule has 1 aliphatic heterocycles. The third kappa shape index (κ3) is 5.73. The number of ether oxygens (including phenoxy) is 1. The number of rotatable bonds is 7. The molecule has 29 heavy (non-hydrogen) atoms. The maximum atomic E-state index is 12.6. The maximum Gasteiger partial charge on any atom is 0.255 e. The van der Waals surface area contributed by atoms with Gasteiger partial charge in [0.05, 0.1) is 6.61 Å². The summed E-state index contributed by atoms with van der Waals surface area (Å²) in [5.74, 6) is 0.683. The molecule has 0 radical (unpaired) electrons. The number of hydrogen-bond donors (Lipinski definition) is 1. The molecule has 0 atom stereocenters. The van der Waals surface area contributed by atoms with Crippen molar-refractivity contribution in [1.29, 1.82) is 0 Å². The Morgan fingerprint density at radius 3 is 2.41 bits per heavy atom. The van der Waals surface area contributed by atoms with Crippen molar-refractivity contribution in [2.75, 3.05) is 43.0 Å². The van der Waals surface area contributed by atoms with Crippen LogP contribution in [0.15, 0.2) is 48.5 Å². The minimum absolute atomic E-state index is 0.127. The minimum Gasteiger partial charge on any atom is -0.494 e. The zero-order valence-corrected chi connectivity index (χ0v) is 17.2. The molecule has 154 valence electrons. The number of carbonyl (C=O) groups is 2. The van der Waals surface area contributed by atoms with Crippen LogP contribution >= 0.6 is 0 Å². The van der Waals surface area contributed by atoms with Crippen LogP contribution in [0.3, 0.4) is 0 Å². The van der Waals surface area contributed by atoms with Crippen LogP contribution in [0.25, 0.3) is 0 Å². The molecule has 1 saturated heterocycles. The average Bonchev–Trinajstić information content (AvgIpc) is 2.75. The van der Waals surface area contributed by atoms with E-state index >= 15 is 0 Å². The van der Waals surface area contributed by atoms with Gasteiger partial charge in [-0.05, 0) is 48.9 Å². The highest BCUT2D eigenvalue weighted by atomic mass is 16.5. The summed E-state index contributed by atoms with van der Waals surface area (Å²) in [4.78, 5) is 28.1. The van der Waals surface area contributed by atoms with Gasteiger partial charge in [0.1, 0.15) is 5.75 Å². The van der Waals surface area contributed by atoms with Crippen molar-refractivity contribution >= 4 is 23.2 Å². The van der Waals surface area contributed by atoms with E-state index < -0.39 is 0 Å². The lowest BCUT2D eigenvalue weighted by Gasteiger charge is -2.35. The van der Waals surface area contributed by atoms with Crippen molar-refractivity contribution in [3.8, 4) is 5.75 Å². The van der Waals surface area contributed by atoms with Gasteiger partial charge in [0, 0.05) is 50.0 Å². The number of piperazine rings is 1. The Bertz CT molecular complexity index is 828. The summed E-state index contributed by atoms with van der Waals surface area (Å²) < 4.78 is 5.68. The summed E-state index contributed by atoms with van der Waals surface area (Å²) in [5.41, 5.74) is 2.42. The monoisotopic (exact) mass is 395 g/mol. The van der Waals surface area contributed by atoms with Gasteiger partial charge in [-0.1, -0.05) is 19.4 Å². The zero-order chi connectivity index (χ0) is 20.6. The predicted octanol–water partition coefficient (Wildman–Crippen LogP) is 3.79. The smallest absolute Gasteiger partial charge is 0.255 e. The van der Waals surface area contributed by atoms with E-state index in [2.05, 4.69) is 17.1 Å². The number of amides is 2. The number of unbranched alkanes of at least 4 members (excludes halogenated alkanes) is 1. The van der Waals surface area contributed by atoms with Crippen LogP contribution in [0.2, 0.25) is 0 Å². The molecule has 0 bridgehead atoms. The van der Waals surface area contributed by atoms with Gasteiger partial charge in [0.25, 0.3) is 5.91 Å². The van der Waals surface area contributed by atoms with Gasteiger partial charge in [-0.25, -0.2) is 0 Å². The zero-order valence-electron chi connectivity index (χ0n) is 17.2. The Morgan fingerprint density at radius 1 is 1.03 bits per heavy atom. The molecule has 6 nitrogen and oxygen atoms in total. The van der Waals surface area contributed by atoms with Crippen molar-refractivity contribution in [3.05, 3.63) is 54.1 Å². The summed E-state index contributed by atoms with van der Waals surface area (Å²) in [6, 6.07) is 15.1. The first-order chi connectivity index (χ1) is 14.1. The fraction of sp³-hybridized carbons (Fsp3) is 0.391. The Hall–Kier alpha value is -3.02. The van der Waals surface area contributed by atoms with Crippen LogP contribution in [0, 0.1) is 0 Å². The molecule has 3 rings (SSSR count). The number of nitrogens with zero attached hydrogens (tertiary/aromatic N) is 2. The van der Waals surface area contributed by atoms with E-state index in [1.165, 1.54) is 0 Å². The first kappa shape index (κ1) is 20.7. The largest absolute Gasteiger partial charge is 0.494 e. The van der Waals surface area contributed by atoms with E-state index in [1.54, 1.807) is 19.1 Å². The van der Waals surface area contributed by atoms with Gasteiger partial charge in [-0.2, -0.15) is 0 Å². The summed E-state index contributed by atoms with van der Waals surface area (Å²) in [6.07, 6.45) is 2.06. The van der Waals surface area contributed by atoms with Crippen molar-refractivity contribution in [1.82, 2.24) is 4.90 Å². The van der Waals surface area contributed by atoms with Gasteiger partial charge >= 0.3 is 0 Å². The minimum atomic E-state index is -0.159. The maximum absolute atomic E-state index is 12.6. The third-order valence-corrected chi connectivity index (χ3v) is 5.08. The van der Waals surface area contributed by atoms with Crippen LogP contribution in [0.4, 0.5) is 11.4 Å². The van der Waals surface area contributed by atoms with Crippen LogP contribution in [0.5, 0.6) is 5.75 Å². The van der Waals surface area contributed by atoms with E-state index in [-0.39, 0.29) is 11.8 Å². The van der Waals surface area contributed by atoms with E-state index in [1.807, 2.05) is 41.3 Å². The first-order valence-corrected chi connectivity index (χ1v) is 10.2. The van der Waals surface area contributed by atoms with Crippen LogP contribution < -0.4 is 15.0 Å². The fourth-order valence-electron chi connectivity index (χ4n) is 3.30. The molecule has 0 saturated carbocycles. The Labute approximate surface area is 172 Å². The van der Waals surface area contributed by atoms with E-state index in [0.717, 1.165) is 50.4 Å². The molecular formula is C23H29N3O3. The SMILES string of the molecule is CCCCOc1cccc(C(=O)Nc2ccc(N3CCN(C(C)=O)CC3)cc2)c1. The predicted molar refractivity (Wildman–Crippen MR) is 116 cm³/mol. The topological polar surface area (TPSA) is 61.9 Å². The highest BCUT2D eigenvalue weighted by Crippen LogP contribution is 2.21. The Kier molecular flexibility index (Phi) is 7.11. The summed E-state index contributed by atoms with van der Waals surface area (Å²) >= 11 is 0. The van der Waals surface area contributed by atoms with Gasteiger partial charge in [0.15, 0.2) is 0 Å². The van der Waals surface area contributed by atoms with E-state index in [9.17, 15) is 9.59 Å². The van der Waals surface area contributed by atoms with Gasteiger partial charge < -0.3 is 19.9 Å². The molecule has 2 aromatic carbocycles. The molecule has 0 spiro atoms. The quantitative estimate of drug-likeness (QED) is 0.725. The van der Waals surface area contributed by atoms with E-state index in [4.69, 9.17) is 4.74 Å². The summed E-state index contributed by atoms with van der Waals surface area (Å²) in [6.45, 7) is 7.50. The third-order valence-electron chi connectivity index (χ3n) is 5.08. The molecule has 2 aromatic rings. The molecule has 6 heteroatoms. The summed E-state index contributed by atoms with van der Waals surface area (Å²) in [7, 11) is 0. The second kappa shape index (κ2) is 9.96. The molecule has 0 unspecified atom stereocenters. The second-order valence-corrected chi connectivity index (χ2v) is 7.22. The van der Waals surface area contributed by atoms with Crippen LogP contribution in [0.1, 0.15) is 37.0 Å². The highest BCUT2D eigenvalue weighted by Gasteiger charge is 2.18. The molecule has 2 amide bonds. The highest BCUT2D eigenvalue weighted by molar-refractivity contribution is 6.04. The van der Waals surface area contributed by atoms with Gasteiger partial charge in [-0.3, -0.25) is 9.59 Å². The lowest BCUT2D eigenvalue weighted by molar-refractivity contribution is -0.129. The van der Waals surface area contributed by atoms with Gasteiger partial charge in [0.2, 0.25) is 5.91 Å². The molecule has 0 aromatic heterocycles. The number of benzene rings is 2. The molecule has 0 aliphatic carbocycles. The average molecular weight is 396 g/mol. The van der Waals surface area contributed by atoms with Crippen molar-refractivity contribution < 1.29 is 14.3 Å². The molecule has 1 fully saturated rings. The lowest BCUT2D eigenvalue weighted by Crippen LogP contribution is -2.48. The van der Waals surface area contributed by atoms with E-state index in [0.29, 0.717) is 17.9 Å². The fourth-order valence-corrected chi connectivity index (χ4v) is 3.30. The molecule has 1 heterocycles. The first-order valence-electron chi connectivity index (χ1n) is 10.2. The summed E-state index contributed by atoms with van der Waals surface area (Å²) in [5, 5.41) is 2.94. The van der Waals surface area contributed by atoms with Crippen LogP contribution in [-0.4, -0.2) is 49.5 Å². The number of anilines is 2. The normalized spacial score (nSPS) is 13.9. The lowest BCUT2D eigenvalue weighted by atomic mass is 10.2. The second-order valence-electron chi connectivity index (χ2n) is 7.22. The Morgan fingerprint density at radius 2 is 1.76 bits per heavy atom. The van der Waals surface area contributed by atoms with Crippen molar-refractivity contribution in [2.45, 2.75) is 26.7 Å². The van der Waals surface area contributed by atoms with Crippen molar-refractivity contribution in [3.63, 3.8) is 0 Å². The Balaban J connectivity index is 1.56.